The molecule has 0 saturated carbocycles. The molecule has 0 aliphatic carbocycles. The number of hydrogen-bond acceptors (Lipinski definition) is 2. The van der Waals surface area contributed by atoms with Gasteiger partial charge >= 0.3 is 0 Å². The van der Waals surface area contributed by atoms with Gasteiger partial charge in [-0.15, -0.1) is 0 Å². The zero-order valence-electron chi connectivity index (χ0n) is 10.6. The summed E-state index contributed by atoms with van der Waals surface area (Å²) in [6.07, 6.45) is 3.64. The summed E-state index contributed by atoms with van der Waals surface area (Å²) in [5, 5.41) is 0.765. The Morgan fingerprint density at radius 3 is 2.61 bits per heavy atom. The molecule has 0 bridgehead atoms. The summed E-state index contributed by atoms with van der Waals surface area (Å²) in [5.74, 6) is 1.09. The molecular weight excluding hydrogens is 246 g/mol. The molecule has 0 aliphatic heterocycles. The predicted molar refractivity (Wildman–Crippen MR) is 74.9 cm³/mol. The van der Waals surface area contributed by atoms with E-state index in [0.717, 1.165) is 30.2 Å². The molecule has 0 unspecified atom stereocenters. The van der Waals surface area contributed by atoms with E-state index in [1.165, 1.54) is 11.3 Å². The smallest absolute Gasteiger partial charge is 0.113 e. The van der Waals surface area contributed by atoms with Crippen molar-refractivity contribution in [1.29, 1.82) is 0 Å². The minimum atomic E-state index is 0.659. The van der Waals surface area contributed by atoms with E-state index in [2.05, 4.69) is 16.5 Å². The van der Waals surface area contributed by atoms with Gasteiger partial charge in [-0.3, -0.25) is 0 Å². The van der Waals surface area contributed by atoms with Crippen molar-refractivity contribution in [2.45, 2.75) is 26.3 Å². The first-order valence-corrected chi connectivity index (χ1v) is 6.60. The van der Waals surface area contributed by atoms with Crippen LogP contribution in [0.25, 0.3) is 0 Å². The van der Waals surface area contributed by atoms with Crippen LogP contribution in [0.4, 0.5) is 0 Å². The fraction of sp³-hybridized carbons (Fsp3) is 0.357. The molecule has 1 aromatic carbocycles. The third kappa shape index (κ3) is 2.92. The Labute approximate surface area is 113 Å². The van der Waals surface area contributed by atoms with E-state index in [1.54, 1.807) is 0 Å². The van der Waals surface area contributed by atoms with Gasteiger partial charge in [0.15, 0.2) is 0 Å². The molecule has 0 spiro atoms. The van der Waals surface area contributed by atoms with Crippen LogP contribution in [0.15, 0.2) is 30.5 Å². The summed E-state index contributed by atoms with van der Waals surface area (Å²) in [5.41, 5.74) is 8.04. The van der Waals surface area contributed by atoms with Crippen molar-refractivity contribution in [3.63, 3.8) is 0 Å². The van der Waals surface area contributed by atoms with Crippen LogP contribution in [0.5, 0.6) is 0 Å². The van der Waals surface area contributed by atoms with E-state index in [4.69, 9.17) is 17.3 Å². The van der Waals surface area contributed by atoms with Crippen LogP contribution in [-0.4, -0.2) is 16.1 Å². The van der Waals surface area contributed by atoms with E-state index in [0.29, 0.717) is 6.54 Å². The summed E-state index contributed by atoms with van der Waals surface area (Å²) in [7, 11) is 0. The lowest BCUT2D eigenvalue weighted by atomic mass is 10.1. The molecule has 0 aliphatic rings. The van der Waals surface area contributed by atoms with Gasteiger partial charge in [-0.05, 0) is 31.2 Å². The lowest BCUT2D eigenvalue weighted by Gasteiger charge is -2.09. The molecule has 2 aromatic rings. The predicted octanol–water partition coefficient (Wildman–Crippen LogP) is 2.65. The van der Waals surface area contributed by atoms with Crippen molar-refractivity contribution in [1.82, 2.24) is 9.55 Å². The maximum atomic E-state index is 5.88. The highest BCUT2D eigenvalue weighted by Crippen LogP contribution is 2.14. The zero-order chi connectivity index (χ0) is 13.0. The highest BCUT2D eigenvalue weighted by Gasteiger charge is 2.08. The Balaban J connectivity index is 2.20. The Morgan fingerprint density at radius 1 is 1.28 bits per heavy atom. The molecule has 2 rings (SSSR count). The van der Waals surface area contributed by atoms with Crippen molar-refractivity contribution >= 4 is 11.6 Å². The number of nitrogens with two attached hydrogens (primary N) is 1. The van der Waals surface area contributed by atoms with Gasteiger partial charge < -0.3 is 10.3 Å². The van der Waals surface area contributed by atoms with Gasteiger partial charge in [0, 0.05) is 36.3 Å². The second-order valence-electron chi connectivity index (χ2n) is 4.25. The van der Waals surface area contributed by atoms with Crippen molar-refractivity contribution in [3.8, 4) is 0 Å². The number of aromatic nitrogens is 2. The molecule has 1 heterocycles. The van der Waals surface area contributed by atoms with Crippen LogP contribution in [0.1, 0.15) is 24.0 Å². The highest BCUT2D eigenvalue weighted by molar-refractivity contribution is 6.30. The number of hydrogen-bond donors (Lipinski definition) is 1. The van der Waals surface area contributed by atoms with Gasteiger partial charge in [0.25, 0.3) is 0 Å². The molecule has 96 valence electrons. The standard InChI is InChI=1S/C14H18ClN3/c1-2-18-13(7-8-16)10-17-14(18)9-11-3-5-12(15)6-4-11/h3-6,10H,2,7-9,16H2,1H3. The molecule has 3 nitrogen and oxygen atoms in total. The lowest BCUT2D eigenvalue weighted by molar-refractivity contribution is 0.671. The highest BCUT2D eigenvalue weighted by atomic mass is 35.5. The van der Waals surface area contributed by atoms with E-state index in [9.17, 15) is 0 Å². The van der Waals surface area contributed by atoms with Crippen LogP contribution >= 0.6 is 11.6 Å². The Kier molecular flexibility index (Phi) is 4.39. The number of nitrogens with zero attached hydrogens (tertiary/aromatic N) is 2. The van der Waals surface area contributed by atoms with E-state index in [1.807, 2.05) is 30.5 Å². The van der Waals surface area contributed by atoms with E-state index in [-0.39, 0.29) is 0 Å². The molecule has 0 atom stereocenters. The summed E-state index contributed by atoms with van der Waals surface area (Å²) in [4.78, 5) is 4.50. The second-order valence-corrected chi connectivity index (χ2v) is 4.69. The van der Waals surface area contributed by atoms with Gasteiger partial charge in [-0.25, -0.2) is 4.98 Å². The monoisotopic (exact) mass is 263 g/mol. The fourth-order valence-corrected chi connectivity index (χ4v) is 2.24. The van der Waals surface area contributed by atoms with Crippen LogP contribution in [0, 0.1) is 0 Å². The third-order valence-corrected chi connectivity index (χ3v) is 3.27. The first kappa shape index (κ1) is 13.1. The summed E-state index contributed by atoms with van der Waals surface area (Å²) in [6.45, 7) is 3.72. The largest absolute Gasteiger partial charge is 0.332 e. The molecule has 0 saturated heterocycles. The molecule has 1 aromatic heterocycles. The molecule has 4 heteroatoms. The minimum Gasteiger partial charge on any atom is -0.332 e. The van der Waals surface area contributed by atoms with Crippen LogP contribution in [0.2, 0.25) is 5.02 Å². The second kappa shape index (κ2) is 6.03. The van der Waals surface area contributed by atoms with Crippen molar-refractivity contribution in [2.75, 3.05) is 6.54 Å². The molecule has 0 amide bonds. The van der Waals surface area contributed by atoms with Crippen LogP contribution < -0.4 is 5.73 Å². The number of rotatable bonds is 5. The quantitative estimate of drug-likeness (QED) is 0.901. The number of halogens is 1. The lowest BCUT2D eigenvalue weighted by Crippen LogP contribution is -2.10. The normalized spacial score (nSPS) is 10.8. The van der Waals surface area contributed by atoms with Gasteiger partial charge in [0.1, 0.15) is 5.82 Å². The van der Waals surface area contributed by atoms with Crippen molar-refractivity contribution in [3.05, 3.63) is 52.6 Å². The van der Waals surface area contributed by atoms with Crippen molar-refractivity contribution < 1.29 is 0 Å². The maximum Gasteiger partial charge on any atom is 0.113 e. The van der Waals surface area contributed by atoms with E-state index >= 15 is 0 Å². The molecule has 2 N–H and O–H groups in total. The fourth-order valence-electron chi connectivity index (χ4n) is 2.11. The van der Waals surface area contributed by atoms with Gasteiger partial charge in [0.2, 0.25) is 0 Å². The first-order valence-electron chi connectivity index (χ1n) is 6.22. The Hall–Kier alpha value is -1.32. The summed E-state index contributed by atoms with van der Waals surface area (Å²) < 4.78 is 2.24. The van der Waals surface area contributed by atoms with Gasteiger partial charge in [-0.1, -0.05) is 23.7 Å². The molecule has 0 radical (unpaired) electrons. The van der Waals surface area contributed by atoms with Crippen molar-refractivity contribution in [2.24, 2.45) is 5.73 Å². The third-order valence-electron chi connectivity index (χ3n) is 3.01. The van der Waals surface area contributed by atoms with E-state index < -0.39 is 0 Å². The average Bonchev–Trinajstić information content (AvgIpc) is 2.75. The SMILES string of the molecule is CCn1c(CCN)cnc1Cc1ccc(Cl)cc1. The molecular formula is C14H18ClN3. The molecule has 18 heavy (non-hydrogen) atoms. The summed E-state index contributed by atoms with van der Waals surface area (Å²) >= 11 is 5.88. The first-order chi connectivity index (χ1) is 8.74. The van der Waals surface area contributed by atoms with Gasteiger partial charge in [-0.2, -0.15) is 0 Å². The van der Waals surface area contributed by atoms with Gasteiger partial charge in [0.05, 0.1) is 0 Å². The zero-order valence-corrected chi connectivity index (χ0v) is 11.3. The Bertz CT molecular complexity index is 502. The van der Waals surface area contributed by atoms with Crippen LogP contribution in [-0.2, 0) is 19.4 Å². The average molecular weight is 264 g/mol. The Morgan fingerprint density at radius 2 is 2.00 bits per heavy atom. The summed E-state index contributed by atoms with van der Waals surface area (Å²) in [6, 6.07) is 7.91. The molecule has 0 fully saturated rings. The maximum absolute atomic E-state index is 5.88. The van der Waals surface area contributed by atoms with Crippen LogP contribution in [0.3, 0.4) is 0 Å². The minimum absolute atomic E-state index is 0.659. The topological polar surface area (TPSA) is 43.8 Å². The number of imidazole rings is 1. The number of benzene rings is 1.